The lowest BCUT2D eigenvalue weighted by Gasteiger charge is -2.11. The largest absolute Gasteiger partial charge is 0.343 e. The minimum Gasteiger partial charge on any atom is -0.343 e. The van der Waals surface area contributed by atoms with Crippen molar-refractivity contribution >= 4 is 43.2 Å². The number of rotatable bonds is 1. The first-order valence-corrected chi connectivity index (χ1v) is 9.04. The van der Waals surface area contributed by atoms with Gasteiger partial charge in [-0.2, -0.15) is 0 Å². The van der Waals surface area contributed by atoms with Crippen LogP contribution in [0.25, 0.3) is 42.3 Å². The van der Waals surface area contributed by atoms with Gasteiger partial charge in [0.25, 0.3) is 0 Å². The van der Waals surface area contributed by atoms with E-state index < -0.39 is 0 Å². The molecular formula is C22H15NOS. The van der Waals surface area contributed by atoms with E-state index in [1.807, 2.05) is 37.4 Å². The Morgan fingerprint density at radius 1 is 0.800 bits per heavy atom. The summed E-state index contributed by atoms with van der Waals surface area (Å²) in [5, 5.41) is 2.79. The Kier molecular flexibility index (Phi) is 3.06. The van der Waals surface area contributed by atoms with Crippen LogP contribution in [0.5, 0.6) is 0 Å². The zero-order valence-corrected chi connectivity index (χ0v) is 14.5. The van der Waals surface area contributed by atoms with E-state index in [2.05, 4.69) is 47.0 Å². The Balaban J connectivity index is 1.83. The van der Waals surface area contributed by atoms with Crippen molar-refractivity contribution < 1.29 is 0 Å². The summed E-state index contributed by atoms with van der Waals surface area (Å²) in [5.74, 6) is 0. The van der Waals surface area contributed by atoms with Crippen LogP contribution in [0, 0.1) is 0 Å². The number of para-hydroxylation sites is 1. The molecule has 0 aliphatic rings. The Hall–Kier alpha value is -2.91. The van der Waals surface area contributed by atoms with Crippen molar-refractivity contribution in [1.29, 1.82) is 0 Å². The minimum absolute atomic E-state index is 0.103. The lowest BCUT2D eigenvalue weighted by atomic mass is 10.1. The van der Waals surface area contributed by atoms with Crippen LogP contribution in [-0.2, 0) is 7.05 Å². The van der Waals surface area contributed by atoms with Crippen molar-refractivity contribution in [2.75, 3.05) is 0 Å². The van der Waals surface area contributed by atoms with Crippen molar-refractivity contribution in [2.24, 2.45) is 7.05 Å². The Bertz CT molecular complexity index is 1290. The van der Waals surface area contributed by atoms with Gasteiger partial charge in [-0.1, -0.05) is 36.4 Å². The molecule has 3 aromatic carbocycles. The number of hydrogen-bond acceptors (Lipinski definition) is 2. The third-order valence-electron chi connectivity index (χ3n) is 4.82. The van der Waals surface area contributed by atoms with Gasteiger partial charge in [-0.15, -0.1) is 11.3 Å². The summed E-state index contributed by atoms with van der Waals surface area (Å²) < 4.78 is 3.37. The summed E-state index contributed by atoms with van der Waals surface area (Å²) in [6, 6.07) is 24.6. The Morgan fingerprint density at radius 3 is 2.44 bits per heavy atom. The summed E-state index contributed by atoms with van der Waals surface area (Å²) in [7, 11) is 2.02. The summed E-state index contributed by atoms with van der Waals surface area (Å²) in [4.78, 5) is 14.2. The van der Waals surface area contributed by atoms with Crippen LogP contribution in [-0.4, -0.2) is 4.57 Å². The fourth-order valence-corrected chi connectivity index (χ4v) is 4.58. The molecule has 0 N–H and O–H groups in total. The van der Waals surface area contributed by atoms with E-state index >= 15 is 0 Å². The van der Waals surface area contributed by atoms with Gasteiger partial charge in [0.05, 0.1) is 11.0 Å². The third-order valence-corrected chi connectivity index (χ3v) is 5.99. The Labute approximate surface area is 148 Å². The first-order valence-electron chi connectivity index (χ1n) is 8.23. The lowest BCUT2D eigenvalue weighted by molar-refractivity contribution is 1.00. The summed E-state index contributed by atoms with van der Waals surface area (Å²) in [6.45, 7) is 0. The monoisotopic (exact) mass is 341 g/mol. The second kappa shape index (κ2) is 5.30. The van der Waals surface area contributed by atoms with Crippen molar-refractivity contribution in [1.82, 2.24) is 4.57 Å². The van der Waals surface area contributed by atoms with Crippen LogP contribution < -0.4 is 5.43 Å². The number of aryl methyl sites for hydroxylation is 1. The average molecular weight is 341 g/mol. The Morgan fingerprint density at radius 2 is 1.56 bits per heavy atom. The SMILES string of the molecule is Cn1c2ccccc2c(=O)c2cc(-c3cc4ccccc4s3)ccc21. The second-order valence-corrected chi connectivity index (χ2v) is 7.37. The quantitative estimate of drug-likeness (QED) is 0.365. The topological polar surface area (TPSA) is 22.0 Å². The van der Waals surface area contributed by atoms with Crippen LogP contribution >= 0.6 is 11.3 Å². The van der Waals surface area contributed by atoms with Gasteiger partial charge < -0.3 is 4.57 Å². The molecule has 0 saturated heterocycles. The van der Waals surface area contributed by atoms with E-state index in [0.717, 1.165) is 27.4 Å². The van der Waals surface area contributed by atoms with Crippen LogP contribution in [0.3, 0.4) is 0 Å². The highest BCUT2D eigenvalue weighted by Crippen LogP contribution is 2.34. The van der Waals surface area contributed by atoms with Gasteiger partial charge in [-0.3, -0.25) is 4.79 Å². The molecule has 0 fully saturated rings. The lowest BCUT2D eigenvalue weighted by Crippen LogP contribution is -2.08. The van der Waals surface area contributed by atoms with Crippen molar-refractivity contribution in [3.63, 3.8) is 0 Å². The van der Waals surface area contributed by atoms with Gasteiger partial charge in [-0.25, -0.2) is 0 Å². The fourth-order valence-electron chi connectivity index (χ4n) is 3.52. The molecule has 5 rings (SSSR count). The highest BCUT2D eigenvalue weighted by molar-refractivity contribution is 7.22. The molecule has 25 heavy (non-hydrogen) atoms. The number of fused-ring (bicyclic) bond motifs is 3. The number of benzene rings is 3. The normalized spacial score (nSPS) is 11.6. The highest BCUT2D eigenvalue weighted by Gasteiger charge is 2.11. The van der Waals surface area contributed by atoms with Crippen LogP contribution in [0.4, 0.5) is 0 Å². The molecule has 5 aromatic rings. The molecule has 0 bridgehead atoms. The standard InChI is InChI=1S/C22H15NOS/c1-23-18-8-4-3-7-16(18)22(24)17-12-15(10-11-19(17)23)21-13-14-6-2-5-9-20(14)25-21/h2-13H,1H3. The molecule has 2 nitrogen and oxygen atoms in total. The molecular weight excluding hydrogens is 326 g/mol. The van der Waals surface area contributed by atoms with E-state index in [9.17, 15) is 4.79 Å². The van der Waals surface area contributed by atoms with Crippen molar-refractivity contribution in [3.8, 4) is 10.4 Å². The van der Waals surface area contributed by atoms with E-state index in [-0.39, 0.29) is 5.43 Å². The highest BCUT2D eigenvalue weighted by atomic mass is 32.1. The van der Waals surface area contributed by atoms with Gasteiger partial charge >= 0.3 is 0 Å². The zero-order chi connectivity index (χ0) is 17.0. The molecule has 0 spiro atoms. The summed E-state index contributed by atoms with van der Waals surface area (Å²) in [5.41, 5.74) is 3.14. The number of pyridine rings is 1. The van der Waals surface area contributed by atoms with E-state index in [4.69, 9.17) is 0 Å². The predicted octanol–water partition coefficient (Wildman–Crippen LogP) is 5.57. The zero-order valence-electron chi connectivity index (χ0n) is 13.7. The molecule has 0 radical (unpaired) electrons. The molecule has 0 atom stereocenters. The minimum atomic E-state index is 0.103. The van der Waals surface area contributed by atoms with Gasteiger partial charge in [0.2, 0.25) is 0 Å². The molecule has 3 heteroatoms. The fraction of sp³-hybridized carbons (Fsp3) is 0.0455. The third kappa shape index (κ3) is 2.13. The molecule has 0 saturated carbocycles. The van der Waals surface area contributed by atoms with E-state index in [0.29, 0.717) is 0 Å². The van der Waals surface area contributed by atoms with Crippen molar-refractivity contribution in [2.45, 2.75) is 0 Å². The predicted molar refractivity (Wildman–Crippen MR) is 108 cm³/mol. The molecule has 0 aliphatic carbocycles. The number of thiophene rings is 1. The van der Waals surface area contributed by atoms with Gasteiger partial charge in [-0.05, 0) is 47.3 Å². The first kappa shape index (κ1) is 14.4. The van der Waals surface area contributed by atoms with Crippen LogP contribution in [0.15, 0.2) is 77.6 Å². The average Bonchev–Trinajstić information content (AvgIpc) is 3.10. The van der Waals surface area contributed by atoms with Gasteiger partial charge in [0.15, 0.2) is 5.43 Å². The van der Waals surface area contributed by atoms with E-state index in [1.165, 1.54) is 15.0 Å². The number of aromatic nitrogens is 1. The number of hydrogen-bond donors (Lipinski definition) is 0. The first-order chi connectivity index (χ1) is 12.2. The second-order valence-electron chi connectivity index (χ2n) is 6.29. The summed E-state index contributed by atoms with van der Waals surface area (Å²) >= 11 is 1.76. The molecule has 0 aliphatic heterocycles. The molecule has 0 amide bonds. The smallest absolute Gasteiger partial charge is 0.197 e. The maximum absolute atomic E-state index is 13.0. The number of nitrogens with zero attached hydrogens (tertiary/aromatic N) is 1. The molecule has 0 unspecified atom stereocenters. The van der Waals surface area contributed by atoms with Gasteiger partial charge in [0.1, 0.15) is 0 Å². The molecule has 120 valence electrons. The van der Waals surface area contributed by atoms with Crippen LogP contribution in [0.1, 0.15) is 0 Å². The maximum Gasteiger partial charge on any atom is 0.197 e. The van der Waals surface area contributed by atoms with Crippen molar-refractivity contribution in [3.05, 3.63) is 83.0 Å². The molecule has 2 aromatic heterocycles. The van der Waals surface area contributed by atoms with Gasteiger partial charge in [0, 0.05) is 27.4 Å². The van der Waals surface area contributed by atoms with Crippen LogP contribution in [0.2, 0.25) is 0 Å². The molecule has 2 heterocycles. The van der Waals surface area contributed by atoms with E-state index in [1.54, 1.807) is 11.3 Å². The maximum atomic E-state index is 13.0. The summed E-state index contributed by atoms with van der Waals surface area (Å²) in [6.07, 6.45) is 0.